The largest absolute Gasteiger partial charge is 0.486 e. The Balaban J connectivity index is 1.37. The zero-order chi connectivity index (χ0) is 18.8. The lowest BCUT2D eigenvalue weighted by Crippen LogP contribution is -2.12. The number of rotatable bonds is 5. The predicted molar refractivity (Wildman–Crippen MR) is 105 cm³/mol. The van der Waals surface area contributed by atoms with Gasteiger partial charge in [0.25, 0.3) is 5.91 Å². The van der Waals surface area contributed by atoms with Crippen LogP contribution in [0.5, 0.6) is 5.75 Å². The van der Waals surface area contributed by atoms with E-state index in [0.29, 0.717) is 29.0 Å². The highest BCUT2D eigenvalue weighted by Gasteiger charge is 2.20. The number of hydrogen-bond acceptors (Lipinski definition) is 5. The maximum Gasteiger partial charge on any atom is 0.257 e. The van der Waals surface area contributed by atoms with Gasteiger partial charge in [-0.1, -0.05) is 6.92 Å². The first-order valence-corrected chi connectivity index (χ1v) is 9.89. The topological polar surface area (TPSA) is 69.0 Å². The fourth-order valence-electron chi connectivity index (χ4n) is 3.15. The molecule has 1 aliphatic rings. The summed E-state index contributed by atoms with van der Waals surface area (Å²) in [6.07, 6.45) is 6.85. The molecule has 7 heteroatoms. The molecule has 4 rings (SSSR count). The van der Waals surface area contributed by atoms with Gasteiger partial charge in [0.1, 0.15) is 18.2 Å². The molecule has 6 nitrogen and oxygen atoms in total. The van der Waals surface area contributed by atoms with Gasteiger partial charge >= 0.3 is 0 Å². The van der Waals surface area contributed by atoms with E-state index in [0.717, 1.165) is 24.4 Å². The van der Waals surface area contributed by atoms with Crippen molar-refractivity contribution >= 4 is 22.4 Å². The van der Waals surface area contributed by atoms with Gasteiger partial charge < -0.3 is 9.30 Å². The van der Waals surface area contributed by atoms with E-state index >= 15 is 0 Å². The Bertz CT molecular complexity index is 945. The lowest BCUT2D eigenvalue weighted by molar-refractivity contribution is 0.102. The monoisotopic (exact) mass is 382 g/mol. The third kappa shape index (κ3) is 4.03. The second kappa shape index (κ2) is 7.52. The average molecular weight is 382 g/mol. The molecule has 1 aliphatic carbocycles. The van der Waals surface area contributed by atoms with Gasteiger partial charge in [0.2, 0.25) is 0 Å². The summed E-state index contributed by atoms with van der Waals surface area (Å²) in [5.41, 5.74) is 1.73. The third-order valence-corrected chi connectivity index (χ3v) is 5.85. The summed E-state index contributed by atoms with van der Waals surface area (Å²) >= 11 is 1.60. The molecule has 0 spiro atoms. The number of nitrogens with zero attached hydrogens (tertiary/aromatic N) is 3. The summed E-state index contributed by atoms with van der Waals surface area (Å²) in [7, 11) is 1.93. The molecule has 0 radical (unpaired) electrons. The molecule has 2 aromatic heterocycles. The Morgan fingerprint density at radius 2 is 2.19 bits per heavy atom. The van der Waals surface area contributed by atoms with Gasteiger partial charge in [-0.2, -0.15) is 0 Å². The molecule has 0 unspecified atom stereocenters. The molecule has 27 heavy (non-hydrogen) atoms. The zero-order valence-electron chi connectivity index (χ0n) is 15.4. The van der Waals surface area contributed by atoms with Crippen molar-refractivity contribution in [1.29, 1.82) is 0 Å². The van der Waals surface area contributed by atoms with Crippen LogP contribution in [-0.4, -0.2) is 20.4 Å². The van der Waals surface area contributed by atoms with Gasteiger partial charge in [0.15, 0.2) is 5.13 Å². The second-order valence-corrected chi connectivity index (χ2v) is 8.04. The normalized spacial score (nSPS) is 16.0. The van der Waals surface area contributed by atoms with Crippen LogP contribution in [0.25, 0.3) is 0 Å². The van der Waals surface area contributed by atoms with E-state index in [1.54, 1.807) is 41.8 Å². The van der Waals surface area contributed by atoms with Gasteiger partial charge in [0, 0.05) is 29.9 Å². The minimum atomic E-state index is -0.148. The Morgan fingerprint density at radius 3 is 2.93 bits per heavy atom. The van der Waals surface area contributed by atoms with Gasteiger partial charge in [-0.25, -0.2) is 9.97 Å². The SMILES string of the molecule is C[C@H]1CCc2nc(NC(=O)c3ccc(OCc4nccn4C)cc3)sc2C1. The molecule has 1 aromatic carbocycles. The number of nitrogens with one attached hydrogen (secondary N) is 1. The van der Waals surface area contributed by atoms with Crippen LogP contribution in [0.4, 0.5) is 5.13 Å². The van der Waals surface area contributed by atoms with E-state index in [4.69, 9.17) is 4.74 Å². The number of carbonyl (C=O) groups excluding carboxylic acids is 1. The fraction of sp³-hybridized carbons (Fsp3) is 0.350. The molecule has 3 aromatic rings. The van der Waals surface area contributed by atoms with Gasteiger partial charge in [-0.3, -0.25) is 10.1 Å². The van der Waals surface area contributed by atoms with Crippen molar-refractivity contribution in [3.05, 3.63) is 58.6 Å². The van der Waals surface area contributed by atoms with E-state index < -0.39 is 0 Å². The zero-order valence-corrected chi connectivity index (χ0v) is 16.3. The van der Waals surface area contributed by atoms with E-state index in [-0.39, 0.29) is 5.91 Å². The number of fused-ring (bicyclic) bond motifs is 1. The minimum absolute atomic E-state index is 0.148. The molecule has 1 amide bonds. The Hall–Kier alpha value is -2.67. The number of anilines is 1. The molecular weight excluding hydrogens is 360 g/mol. The van der Waals surface area contributed by atoms with E-state index in [1.165, 1.54) is 11.3 Å². The van der Waals surface area contributed by atoms with Crippen LogP contribution in [-0.2, 0) is 26.5 Å². The lowest BCUT2D eigenvalue weighted by Gasteiger charge is -2.15. The summed E-state index contributed by atoms with van der Waals surface area (Å²) in [4.78, 5) is 22.6. The number of amides is 1. The number of aromatic nitrogens is 3. The predicted octanol–water partition coefficient (Wildman–Crippen LogP) is 3.83. The van der Waals surface area contributed by atoms with E-state index in [1.807, 2.05) is 17.8 Å². The van der Waals surface area contributed by atoms with Crippen LogP contribution in [0.15, 0.2) is 36.7 Å². The number of thiazole rings is 1. The Labute approximate surface area is 162 Å². The number of benzene rings is 1. The molecule has 0 saturated carbocycles. The van der Waals surface area contributed by atoms with Gasteiger partial charge in [0.05, 0.1) is 5.69 Å². The van der Waals surface area contributed by atoms with Crippen molar-refractivity contribution in [2.24, 2.45) is 13.0 Å². The maximum atomic E-state index is 12.5. The molecule has 0 aliphatic heterocycles. The summed E-state index contributed by atoms with van der Waals surface area (Å²) in [6, 6.07) is 7.12. The first-order valence-electron chi connectivity index (χ1n) is 9.07. The van der Waals surface area contributed by atoms with E-state index in [9.17, 15) is 4.79 Å². The number of hydrogen-bond donors (Lipinski definition) is 1. The Kier molecular flexibility index (Phi) is 4.94. The summed E-state index contributed by atoms with van der Waals surface area (Å²) in [6.45, 7) is 2.65. The molecular formula is C20H22N4O2S. The van der Waals surface area contributed by atoms with Crippen molar-refractivity contribution in [1.82, 2.24) is 14.5 Å². The number of aryl methyl sites for hydroxylation is 2. The first-order chi connectivity index (χ1) is 13.1. The quantitative estimate of drug-likeness (QED) is 0.728. The number of ether oxygens (including phenoxy) is 1. The third-order valence-electron chi connectivity index (χ3n) is 4.81. The molecule has 0 saturated heterocycles. The summed E-state index contributed by atoms with van der Waals surface area (Å²) in [5, 5.41) is 3.61. The summed E-state index contributed by atoms with van der Waals surface area (Å²) in [5.74, 6) is 2.09. The lowest BCUT2D eigenvalue weighted by atomic mass is 9.93. The average Bonchev–Trinajstić information content (AvgIpc) is 3.25. The maximum absolute atomic E-state index is 12.5. The molecule has 2 heterocycles. The highest BCUT2D eigenvalue weighted by molar-refractivity contribution is 7.15. The Morgan fingerprint density at radius 1 is 1.37 bits per heavy atom. The smallest absolute Gasteiger partial charge is 0.257 e. The highest BCUT2D eigenvalue weighted by atomic mass is 32.1. The second-order valence-electron chi connectivity index (χ2n) is 6.96. The van der Waals surface area contributed by atoms with Crippen LogP contribution in [0, 0.1) is 5.92 Å². The van der Waals surface area contributed by atoms with Crippen LogP contribution in [0.3, 0.4) is 0 Å². The molecule has 1 atom stereocenters. The molecule has 0 fully saturated rings. The van der Waals surface area contributed by atoms with Crippen molar-refractivity contribution in [2.75, 3.05) is 5.32 Å². The van der Waals surface area contributed by atoms with Crippen molar-refractivity contribution < 1.29 is 9.53 Å². The number of imidazole rings is 1. The molecule has 140 valence electrons. The number of carbonyl (C=O) groups is 1. The van der Waals surface area contributed by atoms with Gasteiger partial charge in [-0.15, -0.1) is 11.3 Å². The summed E-state index contributed by atoms with van der Waals surface area (Å²) < 4.78 is 7.64. The first kappa shape index (κ1) is 17.7. The molecule has 0 bridgehead atoms. The standard InChI is InChI=1S/C20H22N4O2S/c1-13-3-8-16-17(11-13)27-20(22-16)23-19(25)14-4-6-15(7-5-14)26-12-18-21-9-10-24(18)2/h4-7,9-10,13H,3,8,11-12H2,1-2H3,(H,22,23,25)/t13-/m0/s1. The van der Waals surface area contributed by atoms with Crippen LogP contribution >= 0.6 is 11.3 Å². The molecule has 1 N–H and O–H groups in total. The van der Waals surface area contributed by atoms with Crippen LogP contribution in [0.2, 0.25) is 0 Å². The van der Waals surface area contributed by atoms with E-state index in [2.05, 4.69) is 22.2 Å². The minimum Gasteiger partial charge on any atom is -0.486 e. The van der Waals surface area contributed by atoms with Crippen molar-refractivity contribution in [3.63, 3.8) is 0 Å². The van der Waals surface area contributed by atoms with Crippen LogP contribution < -0.4 is 10.1 Å². The van der Waals surface area contributed by atoms with Crippen LogP contribution in [0.1, 0.15) is 40.1 Å². The van der Waals surface area contributed by atoms with Gasteiger partial charge in [-0.05, 0) is 49.4 Å². The highest BCUT2D eigenvalue weighted by Crippen LogP contribution is 2.32. The van der Waals surface area contributed by atoms with Crippen molar-refractivity contribution in [3.8, 4) is 5.75 Å². The van der Waals surface area contributed by atoms with Crippen molar-refractivity contribution in [2.45, 2.75) is 32.8 Å². The fourth-order valence-corrected chi connectivity index (χ4v) is 4.31.